The second-order valence-corrected chi connectivity index (χ2v) is 5.44. The molecule has 19 heavy (non-hydrogen) atoms. The van der Waals surface area contributed by atoms with Crippen molar-refractivity contribution in [2.45, 2.75) is 38.5 Å². The van der Waals surface area contributed by atoms with Gasteiger partial charge >= 0.3 is 12.0 Å². The minimum Gasteiger partial charge on any atom is -0.481 e. The van der Waals surface area contributed by atoms with Crippen LogP contribution in [0.25, 0.3) is 0 Å². The molecule has 1 saturated heterocycles. The third-order valence-electron chi connectivity index (χ3n) is 3.89. The lowest BCUT2D eigenvalue weighted by atomic mass is 10.1. The van der Waals surface area contributed by atoms with Crippen molar-refractivity contribution in [3.63, 3.8) is 0 Å². The summed E-state index contributed by atoms with van der Waals surface area (Å²) in [7, 11) is 0. The molecule has 2 amide bonds. The van der Waals surface area contributed by atoms with Crippen molar-refractivity contribution < 1.29 is 14.7 Å². The van der Waals surface area contributed by atoms with Crippen molar-refractivity contribution in [2.24, 2.45) is 5.92 Å². The number of aliphatic carboxylic acids is 1. The highest BCUT2D eigenvalue weighted by Crippen LogP contribution is 2.21. The van der Waals surface area contributed by atoms with Crippen molar-refractivity contribution in [2.75, 3.05) is 19.6 Å². The highest BCUT2D eigenvalue weighted by atomic mass is 16.4. The summed E-state index contributed by atoms with van der Waals surface area (Å²) in [5, 5.41) is 11.7. The fraction of sp³-hybridized carbons (Fsp3) is 0.714. The van der Waals surface area contributed by atoms with Crippen molar-refractivity contribution in [1.29, 1.82) is 0 Å². The summed E-state index contributed by atoms with van der Waals surface area (Å²) >= 11 is 0. The van der Waals surface area contributed by atoms with Gasteiger partial charge in [0, 0.05) is 26.1 Å². The lowest BCUT2D eigenvalue weighted by Crippen LogP contribution is -2.39. The van der Waals surface area contributed by atoms with Crippen LogP contribution in [0.1, 0.15) is 38.5 Å². The second-order valence-electron chi connectivity index (χ2n) is 5.44. The molecule has 1 unspecified atom stereocenters. The van der Waals surface area contributed by atoms with Crippen LogP contribution in [0.5, 0.6) is 0 Å². The van der Waals surface area contributed by atoms with Gasteiger partial charge in [0.15, 0.2) is 0 Å². The number of amides is 2. The summed E-state index contributed by atoms with van der Waals surface area (Å²) in [6.07, 6.45) is 7.75. The Hall–Kier alpha value is -1.52. The van der Waals surface area contributed by atoms with Crippen molar-refractivity contribution in [3.8, 4) is 0 Å². The number of likely N-dealkylation sites (tertiary alicyclic amines) is 1. The summed E-state index contributed by atoms with van der Waals surface area (Å²) in [6, 6.07) is -0.0496. The molecule has 106 valence electrons. The van der Waals surface area contributed by atoms with Crippen molar-refractivity contribution in [1.82, 2.24) is 10.2 Å². The van der Waals surface area contributed by atoms with Gasteiger partial charge in [0.05, 0.1) is 0 Å². The monoisotopic (exact) mass is 266 g/mol. The molecule has 2 aliphatic rings. The first-order chi connectivity index (χ1) is 9.15. The van der Waals surface area contributed by atoms with Gasteiger partial charge in [0.2, 0.25) is 0 Å². The van der Waals surface area contributed by atoms with E-state index in [1.54, 1.807) is 4.90 Å². The number of hydrogen-bond donors (Lipinski definition) is 2. The third-order valence-corrected chi connectivity index (χ3v) is 3.89. The van der Waals surface area contributed by atoms with E-state index in [-0.39, 0.29) is 18.4 Å². The molecule has 1 atom stereocenters. The zero-order chi connectivity index (χ0) is 13.7. The largest absolute Gasteiger partial charge is 0.481 e. The van der Waals surface area contributed by atoms with Gasteiger partial charge in [-0.1, -0.05) is 11.6 Å². The Bertz CT molecular complexity index is 379. The fourth-order valence-corrected chi connectivity index (χ4v) is 2.84. The van der Waals surface area contributed by atoms with Crippen LogP contribution in [-0.4, -0.2) is 41.6 Å². The van der Waals surface area contributed by atoms with Crippen LogP contribution >= 0.6 is 0 Å². The smallest absolute Gasteiger partial charge is 0.317 e. The summed E-state index contributed by atoms with van der Waals surface area (Å²) in [5.74, 6) is -0.666. The number of urea groups is 1. The zero-order valence-corrected chi connectivity index (χ0v) is 11.2. The maximum absolute atomic E-state index is 11.9. The van der Waals surface area contributed by atoms with Gasteiger partial charge in [-0.25, -0.2) is 4.79 Å². The van der Waals surface area contributed by atoms with E-state index in [0.717, 1.165) is 12.8 Å². The molecule has 0 bridgehead atoms. The number of hydrogen-bond acceptors (Lipinski definition) is 2. The fourth-order valence-electron chi connectivity index (χ4n) is 2.84. The van der Waals surface area contributed by atoms with Crippen LogP contribution in [0.2, 0.25) is 0 Å². The average Bonchev–Trinajstić information content (AvgIpc) is 2.99. The van der Waals surface area contributed by atoms with Gasteiger partial charge in [-0.05, 0) is 38.0 Å². The molecule has 0 radical (unpaired) electrons. The van der Waals surface area contributed by atoms with Crippen LogP contribution < -0.4 is 5.32 Å². The number of carboxylic acid groups (broad SMARTS) is 1. The molecule has 0 aromatic heterocycles. The highest BCUT2D eigenvalue weighted by Gasteiger charge is 2.27. The second kappa shape index (κ2) is 6.59. The van der Waals surface area contributed by atoms with E-state index in [2.05, 4.69) is 11.4 Å². The van der Waals surface area contributed by atoms with Gasteiger partial charge in [0.25, 0.3) is 0 Å². The summed E-state index contributed by atoms with van der Waals surface area (Å²) in [5.41, 5.74) is 1.45. The van der Waals surface area contributed by atoms with E-state index in [9.17, 15) is 9.59 Å². The van der Waals surface area contributed by atoms with Gasteiger partial charge in [-0.15, -0.1) is 0 Å². The van der Waals surface area contributed by atoms with Crippen LogP contribution in [0, 0.1) is 5.92 Å². The molecule has 2 rings (SSSR count). The lowest BCUT2D eigenvalue weighted by molar-refractivity contribution is -0.138. The van der Waals surface area contributed by atoms with Crippen LogP contribution in [0.15, 0.2) is 11.6 Å². The SMILES string of the molecule is O=C(O)CC1CCN(C(=O)NCCC2=CCCC2)C1. The number of carboxylic acids is 1. The quantitative estimate of drug-likeness (QED) is 0.748. The Morgan fingerprint density at radius 2 is 2.32 bits per heavy atom. The minimum atomic E-state index is -0.777. The predicted octanol–water partition coefficient (Wildman–Crippen LogP) is 1.99. The molecular weight excluding hydrogens is 244 g/mol. The molecule has 5 heteroatoms. The zero-order valence-electron chi connectivity index (χ0n) is 11.2. The summed E-state index contributed by atoms with van der Waals surface area (Å²) < 4.78 is 0. The molecule has 0 aromatic carbocycles. The maximum atomic E-state index is 11.9. The van der Waals surface area contributed by atoms with Gasteiger partial charge in [0.1, 0.15) is 0 Å². The van der Waals surface area contributed by atoms with E-state index < -0.39 is 5.97 Å². The molecule has 2 N–H and O–H groups in total. The lowest BCUT2D eigenvalue weighted by Gasteiger charge is -2.17. The Morgan fingerprint density at radius 3 is 3.00 bits per heavy atom. The van der Waals surface area contributed by atoms with E-state index in [0.29, 0.717) is 19.6 Å². The molecule has 1 heterocycles. The molecule has 1 fully saturated rings. The van der Waals surface area contributed by atoms with Crippen LogP contribution in [-0.2, 0) is 4.79 Å². The number of carbonyl (C=O) groups is 2. The first kappa shape index (κ1) is 13.9. The third kappa shape index (κ3) is 4.26. The molecular formula is C14H22N2O3. The molecule has 1 aliphatic carbocycles. The van der Waals surface area contributed by atoms with Gasteiger partial charge in [-0.2, -0.15) is 0 Å². The standard InChI is InChI=1S/C14H22N2O3/c17-13(18)9-12-6-8-16(10-12)14(19)15-7-5-11-3-1-2-4-11/h3,12H,1-2,4-10H2,(H,15,19)(H,17,18). The first-order valence-electron chi connectivity index (χ1n) is 7.07. The number of carbonyl (C=O) groups excluding carboxylic acids is 1. The number of nitrogens with zero attached hydrogens (tertiary/aromatic N) is 1. The molecule has 1 aliphatic heterocycles. The Morgan fingerprint density at radius 1 is 1.47 bits per heavy atom. The van der Waals surface area contributed by atoms with Gasteiger partial charge in [-0.3, -0.25) is 4.79 Å². The Labute approximate surface area is 113 Å². The van der Waals surface area contributed by atoms with Crippen molar-refractivity contribution in [3.05, 3.63) is 11.6 Å². The molecule has 0 spiro atoms. The van der Waals surface area contributed by atoms with Crippen molar-refractivity contribution >= 4 is 12.0 Å². The normalized spacial score (nSPS) is 22.4. The van der Waals surface area contributed by atoms with Crippen LogP contribution in [0.4, 0.5) is 4.79 Å². The number of nitrogens with one attached hydrogen (secondary N) is 1. The van der Waals surface area contributed by atoms with E-state index >= 15 is 0 Å². The predicted molar refractivity (Wildman–Crippen MR) is 71.9 cm³/mol. The molecule has 5 nitrogen and oxygen atoms in total. The van der Waals surface area contributed by atoms with E-state index in [1.807, 2.05) is 0 Å². The molecule has 0 aromatic rings. The summed E-state index contributed by atoms with van der Waals surface area (Å²) in [4.78, 5) is 24.3. The highest BCUT2D eigenvalue weighted by molar-refractivity contribution is 5.74. The number of allylic oxidation sites excluding steroid dienone is 1. The topological polar surface area (TPSA) is 69.6 Å². The minimum absolute atomic E-state index is 0.0496. The summed E-state index contributed by atoms with van der Waals surface area (Å²) in [6.45, 7) is 1.93. The Kier molecular flexibility index (Phi) is 4.82. The van der Waals surface area contributed by atoms with E-state index in [4.69, 9.17) is 5.11 Å². The maximum Gasteiger partial charge on any atom is 0.317 e. The Balaban J connectivity index is 1.65. The average molecular weight is 266 g/mol. The van der Waals surface area contributed by atoms with Gasteiger partial charge < -0.3 is 15.3 Å². The first-order valence-corrected chi connectivity index (χ1v) is 7.07. The van der Waals surface area contributed by atoms with Crippen LogP contribution in [0.3, 0.4) is 0 Å². The number of rotatable bonds is 5. The van der Waals surface area contributed by atoms with E-state index in [1.165, 1.54) is 24.8 Å². The molecule has 0 saturated carbocycles.